The van der Waals surface area contributed by atoms with Gasteiger partial charge in [0, 0.05) is 47.4 Å². The van der Waals surface area contributed by atoms with Crippen molar-refractivity contribution >= 4 is 38.7 Å². The lowest BCUT2D eigenvalue weighted by molar-refractivity contribution is 0.100. The summed E-state index contributed by atoms with van der Waals surface area (Å²) in [6, 6.07) is 8.04. The van der Waals surface area contributed by atoms with Gasteiger partial charge in [-0.3, -0.25) is 13.9 Å². The van der Waals surface area contributed by atoms with E-state index in [4.69, 9.17) is 5.73 Å². The van der Waals surface area contributed by atoms with Crippen LogP contribution >= 0.6 is 21.9 Å². The number of benzene rings is 1. The highest BCUT2D eigenvalue weighted by molar-refractivity contribution is 8.24. The number of primary amides is 1. The summed E-state index contributed by atoms with van der Waals surface area (Å²) >= 11 is 1.62. The van der Waals surface area contributed by atoms with Crippen LogP contribution in [0.5, 0.6) is 0 Å². The Balaban J connectivity index is 1.59. The summed E-state index contributed by atoms with van der Waals surface area (Å²) in [6.45, 7) is 0. The van der Waals surface area contributed by atoms with Crippen LogP contribution in [0.3, 0.4) is 0 Å². The number of imidazole rings is 1. The Morgan fingerprint density at radius 3 is 2.68 bits per heavy atom. The molecule has 9 heteroatoms. The maximum absolute atomic E-state index is 12.2. The van der Waals surface area contributed by atoms with Gasteiger partial charge in [-0.25, -0.2) is 4.98 Å². The van der Waals surface area contributed by atoms with E-state index in [1.54, 1.807) is 17.5 Å². The van der Waals surface area contributed by atoms with Gasteiger partial charge in [0.05, 0.1) is 16.0 Å². The van der Waals surface area contributed by atoms with Gasteiger partial charge in [-0.05, 0) is 54.2 Å². The van der Waals surface area contributed by atoms with E-state index in [1.807, 2.05) is 42.2 Å². The summed E-state index contributed by atoms with van der Waals surface area (Å²) < 4.78 is 21.9. The van der Waals surface area contributed by atoms with Crippen LogP contribution in [0.25, 0.3) is 32.0 Å². The van der Waals surface area contributed by atoms with Crippen LogP contribution in [0.2, 0.25) is 0 Å². The van der Waals surface area contributed by atoms with Crippen molar-refractivity contribution in [3.05, 3.63) is 54.0 Å². The second-order valence-electron chi connectivity index (χ2n) is 8.06. The third-order valence-electron chi connectivity index (χ3n) is 6.05. The molecule has 0 radical (unpaired) electrons. The zero-order valence-electron chi connectivity index (χ0n) is 17.0. The molecule has 7 nitrogen and oxygen atoms in total. The number of nitrogens with one attached hydrogen (secondary N) is 1. The average Bonchev–Trinajstić information content (AvgIpc) is 3.46. The van der Waals surface area contributed by atoms with Crippen LogP contribution < -0.4 is 5.73 Å². The van der Waals surface area contributed by atoms with Crippen molar-refractivity contribution in [2.45, 2.75) is 18.8 Å². The third kappa shape index (κ3) is 3.67. The molecule has 0 aliphatic carbocycles. The van der Waals surface area contributed by atoms with Crippen molar-refractivity contribution in [2.75, 3.05) is 11.5 Å². The second-order valence-corrected chi connectivity index (χ2v) is 11.6. The van der Waals surface area contributed by atoms with E-state index in [0.29, 0.717) is 29.9 Å². The summed E-state index contributed by atoms with van der Waals surface area (Å²) in [5.41, 5.74) is 8.97. The first kappa shape index (κ1) is 20.3. The number of thiophene rings is 1. The Hall–Kier alpha value is -2.59. The maximum atomic E-state index is 12.2. The predicted molar refractivity (Wildman–Crippen MR) is 127 cm³/mol. The van der Waals surface area contributed by atoms with Gasteiger partial charge in [0.1, 0.15) is 5.82 Å². The summed E-state index contributed by atoms with van der Waals surface area (Å²) in [7, 11) is -0.483. The van der Waals surface area contributed by atoms with Crippen molar-refractivity contribution in [3.8, 4) is 21.1 Å². The Morgan fingerprint density at radius 2 is 2.00 bits per heavy atom. The molecule has 1 aliphatic rings. The molecular weight excluding hydrogens is 432 g/mol. The molecule has 5 rings (SSSR count). The summed E-state index contributed by atoms with van der Waals surface area (Å²) in [5.74, 6) is 1.49. The fourth-order valence-electron chi connectivity index (χ4n) is 4.36. The summed E-state index contributed by atoms with van der Waals surface area (Å²) in [4.78, 5) is 22.0. The Morgan fingerprint density at radius 1 is 1.26 bits per heavy atom. The predicted octanol–water partition coefficient (Wildman–Crippen LogP) is 5.02. The van der Waals surface area contributed by atoms with E-state index in [-0.39, 0.29) is 5.92 Å². The molecule has 5 N–H and O–H groups in total. The molecule has 3 aromatic heterocycles. The molecule has 162 valence electrons. The van der Waals surface area contributed by atoms with Crippen LogP contribution in [-0.4, -0.2) is 41.1 Å². The highest BCUT2D eigenvalue weighted by Crippen LogP contribution is 2.49. The number of carbonyl (C=O) groups is 1. The van der Waals surface area contributed by atoms with E-state index < -0.39 is 16.5 Å². The van der Waals surface area contributed by atoms with Gasteiger partial charge in [0.15, 0.2) is 0 Å². The standard InChI is InChI=1S/C22H24N4O3S2/c1-26-7-6-24-22(26)19-3-2-18(30-19)14-10-15-17(13-4-8-31(28,29)9-5-13)12-25-20(15)16(11-14)21(23)27/h2-3,6-7,10-13,25,28-29H,4-5,8-9H2,1H3,(H2,23,27). The number of aromatic nitrogens is 3. The topological polar surface area (TPSA) is 117 Å². The summed E-state index contributed by atoms with van der Waals surface area (Å²) in [5, 5.41) is 0.974. The summed E-state index contributed by atoms with van der Waals surface area (Å²) in [6.07, 6.45) is 7.06. The lowest BCUT2D eigenvalue weighted by Crippen LogP contribution is -2.19. The number of fused-ring (bicyclic) bond motifs is 1. The fourth-order valence-corrected chi connectivity index (χ4v) is 6.92. The number of aryl methyl sites for hydroxylation is 1. The second kappa shape index (κ2) is 7.52. The number of nitrogens with zero attached hydrogens (tertiary/aromatic N) is 2. The van der Waals surface area contributed by atoms with Crippen LogP contribution in [0, 0.1) is 0 Å². The molecule has 1 saturated heterocycles. The monoisotopic (exact) mass is 456 g/mol. The molecule has 0 spiro atoms. The lowest BCUT2D eigenvalue weighted by atomic mass is 9.91. The number of hydrogen-bond acceptors (Lipinski definition) is 5. The Labute approximate surface area is 185 Å². The molecule has 1 amide bonds. The zero-order chi connectivity index (χ0) is 21.8. The fraction of sp³-hybridized carbons (Fsp3) is 0.273. The van der Waals surface area contributed by atoms with Gasteiger partial charge in [-0.2, -0.15) is 10.6 Å². The van der Waals surface area contributed by atoms with Gasteiger partial charge >= 0.3 is 0 Å². The van der Waals surface area contributed by atoms with Crippen molar-refractivity contribution in [1.29, 1.82) is 0 Å². The van der Waals surface area contributed by atoms with Crippen molar-refractivity contribution in [1.82, 2.24) is 14.5 Å². The minimum atomic E-state index is -2.45. The van der Waals surface area contributed by atoms with E-state index in [2.05, 4.69) is 16.0 Å². The largest absolute Gasteiger partial charge is 0.366 e. The third-order valence-corrected chi connectivity index (χ3v) is 8.95. The van der Waals surface area contributed by atoms with E-state index in [1.165, 1.54) is 0 Å². The first-order valence-corrected chi connectivity index (χ1v) is 12.8. The number of aromatic amines is 1. The van der Waals surface area contributed by atoms with Crippen LogP contribution in [0.15, 0.2) is 42.9 Å². The van der Waals surface area contributed by atoms with Crippen LogP contribution in [0.4, 0.5) is 0 Å². The molecule has 0 atom stereocenters. The minimum Gasteiger partial charge on any atom is -0.366 e. The average molecular weight is 457 g/mol. The van der Waals surface area contributed by atoms with Crippen LogP contribution in [-0.2, 0) is 7.05 Å². The Kier molecular flexibility index (Phi) is 4.93. The number of hydrogen-bond donors (Lipinski definition) is 4. The number of carbonyl (C=O) groups excluding carboxylic acids is 1. The SMILES string of the molecule is Cn1ccnc1-c1ccc(-c2cc(C(N)=O)c3[nH]cc(C4CCS(O)(O)CC4)c3c2)s1. The zero-order valence-corrected chi connectivity index (χ0v) is 18.7. The molecule has 1 aliphatic heterocycles. The van der Waals surface area contributed by atoms with Gasteiger partial charge in [0.2, 0.25) is 0 Å². The first-order chi connectivity index (χ1) is 14.8. The van der Waals surface area contributed by atoms with E-state index >= 15 is 0 Å². The minimum absolute atomic E-state index is 0.219. The molecule has 4 heterocycles. The van der Waals surface area contributed by atoms with Gasteiger partial charge in [-0.1, -0.05) is 0 Å². The van der Waals surface area contributed by atoms with Gasteiger partial charge in [-0.15, -0.1) is 11.3 Å². The molecule has 1 fully saturated rings. The van der Waals surface area contributed by atoms with E-state index in [0.717, 1.165) is 37.6 Å². The smallest absolute Gasteiger partial charge is 0.250 e. The number of amides is 1. The quantitative estimate of drug-likeness (QED) is 0.345. The highest BCUT2D eigenvalue weighted by atomic mass is 32.3. The molecule has 31 heavy (non-hydrogen) atoms. The molecular formula is C22H24N4O3S2. The van der Waals surface area contributed by atoms with E-state index in [9.17, 15) is 13.9 Å². The highest BCUT2D eigenvalue weighted by Gasteiger charge is 2.27. The number of H-pyrrole nitrogens is 1. The van der Waals surface area contributed by atoms with Gasteiger partial charge < -0.3 is 15.3 Å². The lowest BCUT2D eigenvalue weighted by Gasteiger charge is -2.39. The number of rotatable bonds is 4. The van der Waals surface area contributed by atoms with Crippen LogP contribution in [0.1, 0.15) is 34.7 Å². The molecule has 4 aromatic rings. The normalized spacial score (nSPS) is 17.8. The Bertz CT molecular complexity index is 1280. The molecule has 0 unspecified atom stereocenters. The van der Waals surface area contributed by atoms with Crippen molar-refractivity contribution in [3.63, 3.8) is 0 Å². The molecule has 0 saturated carbocycles. The van der Waals surface area contributed by atoms with Crippen molar-refractivity contribution < 1.29 is 13.9 Å². The molecule has 1 aromatic carbocycles. The number of nitrogens with two attached hydrogens (primary N) is 1. The maximum Gasteiger partial charge on any atom is 0.250 e. The van der Waals surface area contributed by atoms with Crippen molar-refractivity contribution in [2.24, 2.45) is 12.8 Å². The first-order valence-electron chi connectivity index (χ1n) is 10.1. The van der Waals surface area contributed by atoms with Gasteiger partial charge in [0.25, 0.3) is 5.91 Å². The molecule has 0 bridgehead atoms.